The number of benzene rings is 2. The average Bonchev–Trinajstić information content (AvgIpc) is 0.776. The summed E-state index contributed by atoms with van der Waals surface area (Å²) in [5, 5.41) is 223. The number of nitrogens with two attached hydrogens (primary N) is 2. The third-order valence-electron chi connectivity index (χ3n) is 19.5. The third kappa shape index (κ3) is 17.0. The first-order valence-corrected chi connectivity index (χ1v) is 33.5. The summed E-state index contributed by atoms with van der Waals surface area (Å²) in [5.41, 5.74) is 13.5. The van der Waals surface area contributed by atoms with Gasteiger partial charge in [-0.05, 0) is 55.2 Å². The van der Waals surface area contributed by atoms with Crippen molar-refractivity contribution < 1.29 is 187 Å². The van der Waals surface area contributed by atoms with Crippen molar-refractivity contribution in [3.8, 4) is 11.5 Å². The highest BCUT2D eigenvalue weighted by molar-refractivity contribution is 5.82. The van der Waals surface area contributed by atoms with Gasteiger partial charge in [0.25, 0.3) is 0 Å². The Morgan fingerprint density at radius 3 is 0.981 bits per heavy atom. The van der Waals surface area contributed by atoms with Gasteiger partial charge in [-0.2, -0.15) is 0 Å². The molecular formula is C62H90N4O38. The maximum atomic E-state index is 13.9. The normalized spacial score (nSPS) is 47.6. The SMILES string of the molecule is C[C@H]1NC(=O)Oc2ccc(cc2)C[C@H](N)C(=O)Oc2ccc(cc2)C[C@H](N)C(=O)NC[C@H]2O[C@@H]3O[C@H]4C(O)C(O)[C@H](O[C@@H]4CO)O[C@H]4C(O)C(O)[C@H](O[C@@H]4CO)O[C@H]4C(O)C(O)[C@H](O[C@@H]4CO)O[C@H]4C(O)C(O)[C@H](O[C@H]14)O[C@H]1C(O)C(O)[C@H](O[C@@H]1CO)O[C@H]1C(O)C(O)[C@H](O[C@@H]1CO)O[C@H]2C(O)C3O. The van der Waals surface area contributed by atoms with Crippen LogP contribution in [0.15, 0.2) is 48.5 Å². The zero-order valence-corrected chi connectivity index (χ0v) is 55.1. The molecule has 21 fully saturated rings. The van der Waals surface area contributed by atoms with E-state index in [9.17, 15) is 111 Å². The molecule has 42 nitrogen and oxygen atoms in total. The van der Waals surface area contributed by atoms with Crippen LogP contribution in [0.25, 0.3) is 0 Å². The van der Waals surface area contributed by atoms with E-state index in [1.165, 1.54) is 55.5 Å². The molecule has 21 saturated heterocycles. The summed E-state index contributed by atoms with van der Waals surface area (Å²) >= 11 is 0. The number of hydrogen-bond donors (Lipinski definition) is 23. The summed E-state index contributed by atoms with van der Waals surface area (Å²) in [6, 6.07) is 7.19. The topological polar surface area (TPSA) is 659 Å². The number of aliphatic hydroxyl groups is 19. The molecule has 586 valence electrons. The predicted molar refractivity (Wildman–Crippen MR) is 328 cm³/mol. The minimum absolute atomic E-state index is 0.0344. The molecule has 2 aromatic carbocycles. The van der Waals surface area contributed by atoms with Gasteiger partial charge < -0.3 is 195 Å². The van der Waals surface area contributed by atoms with E-state index in [1.54, 1.807) is 0 Å². The standard InChI is InChI=1S/C62H90N4O38/c1-18-45-52-37(78)44(85)61(97-45)103-51-30(17-71)95-59(42(83)35(51)76)100-48-27(14-68)92-56(39(80)32(48)73)98-46-25(12-65-53(86)23(63)10-19-2-6-21(7-3-19)89-54(87)24(64)11-20-4-8-22(9-5-20)90-62(88)66-18)91-55(38(79)31(46)72)99-47-26(13-67)93-57(40(81)33(47)74)101-49-28(15-69)94-58(41(82)34(49)75)102-50-29(16-70)96-60(104-52)43(84)36(50)77/h2-9,18,23-52,55-61,67-85H,10-17,63-64H2,1H3,(H,65,86)(H,66,88)/t18-,23+,24+,25-,26-,27-,28-,29-,30-,31?,32?,33?,34?,35?,36?,37?,38?,39?,40?,41?,42?,43?,44?,45-,46-,47-,48-,49-,50-,51-,52+,55-,56-,57-,58-,59-,60-,61-/m1/s1. The molecule has 42 heteroatoms. The number of rotatable bonds is 5. The molecule has 27 heterocycles. The molecule has 0 radical (unpaired) electrons. The van der Waals surface area contributed by atoms with Crippen LogP contribution in [0.1, 0.15) is 18.1 Å². The van der Waals surface area contributed by atoms with Crippen molar-refractivity contribution in [2.24, 2.45) is 11.5 Å². The van der Waals surface area contributed by atoms with E-state index >= 15 is 0 Å². The smallest absolute Gasteiger partial charge is 0.412 e. The van der Waals surface area contributed by atoms with Crippen molar-refractivity contribution in [1.29, 1.82) is 0 Å². The quantitative estimate of drug-likeness (QED) is 0.0976. The van der Waals surface area contributed by atoms with Crippen molar-refractivity contribution in [2.75, 3.05) is 39.6 Å². The molecule has 0 spiro atoms. The van der Waals surface area contributed by atoms with Crippen LogP contribution >= 0.6 is 0 Å². The summed E-state index contributed by atoms with van der Waals surface area (Å²) in [5.74, 6) is -1.84. The van der Waals surface area contributed by atoms with E-state index < -0.39 is 291 Å². The Hall–Kier alpha value is -4.75. The van der Waals surface area contributed by atoms with Gasteiger partial charge in [-0.1, -0.05) is 24.3 Å². The summed E-state index contributed by atoms with van der Waals surface area (Å²) in [4.78, 5) is 41.0. The molecule has 0 aromatic heterocycles. The number of carbonyl (C=O) groups is 3. The van der Waals surface area contributed by atoms with Crippen LogP contribution in [-0.4, -0.2) is 388 Å². The highest BCUT2D eigenvalue weighted by atomic mass is 16.8. The van der Waals surface area contributed by atoms with E-state index in [0.717, 1.165) is 0 Å². The number of amides is 2. The lowest BCUT2D eigenvalue weighted by molar-refractivity contribution is -0.396. The van der Waals surface area contributed by atoms with Gasteiger partial charge in [0.1, 0.15) is 188 Å². The second-order valence-corrected chi connectivity index (χ2v) is 26.6. The van der Waals surface area contributed by atoms with Crippen LogP contribution in [0, 0.1) is 0 Å². The third-order valence-corrected chi connectivity index (χ3v) is 19.5. The molecule has 27 aliphatic rings. The fraction of sp³-hybridized carbons (Fsp3) is 0.758. The van der Waals surface area contributed by atoms with E-state index in [4.69, 9.17) is 87.3 Å². The lowest BCUT2D eigenvalue weighted by Gasteiger charge is -2.50. The number of aliphatic hydroxyl groups excluding tert-OH is 19. The average molecular weight is 1500 g/mol. The minimum Gasteiger partial charge on any atom is -0.425 e. The molecular weight excluding hydrogens is 1410 g/mol. The maximum absolute atomic E-state index is 13.9. The Morgan fingerprint density at radius 1 is 0.346 bits per heavy atom. The van der Waals surface area contributed by atoms with Gasteiger partial charge in [0.05, 0.1) is 45.1 Å². The molecule has 27 aliphatic heterocycles. The summed E-state index contributed by atoms with van der Waals surface area (Å²) in [6.07, 6.45) is -75.7. The van der Waals surface area contributed by atoms with Crippen LogP contribution < -0.4 is 31.6 Å². The van der Waals surface area contributed by atoms with Crippen molar-refractivity contribution in [3.63, 3.8) is 0 Å². The Morgan fingerprint density at radius 2 is 0.625 bits per heavy atom. The first kappa shape index (κ1) is 80.3. The predicted octanol–water partition coefficient (Wildman–Crippen LogP) is -13.6. The molecule has 14 unspecified atom stereocenters. The lowest BCUT2D eigenvalue weighted by atomic mass is 9.93. The fourth-order valence-electron chi connectivity index (χ4n) is 13.6. The molecule has 0 saturated carbocycles. The number of nitrogens with one attached hydrogen (secondary N) is 2. The van der Waals surface area contributed by atoms with Crippen molar-refractivity contribution >= 4 is 18.0 Å². The number of fused-ring (bicyclic) bond motifs is 1. The van der Waals surface area contributed by atoms with Crippen LogP contribution in [0.3, 0.4) is 0 Å². The number of hydrogen-bond acceptors (Lipinski definition) is 40. The first-order valence-electron chi connectivity index (χ1n) is 33.5. The summed E-state index contributed by atoms with van der Waals surface area (Å²) < 4.78 is 94.0. The van der Waals surface area contributed by atoms with Crippen molar-refractivity contribution in [1.82, 2.24) is 10.6 Å². The van der Waals surface area contributed by atoms with Crippen LogP contribution in [0.2, 0.25) is 0 Å². The highest BCUT2D eigenvalue weighted by Crippen LogP contribution is 2.40. The van der Waals surface area contributed by atoms with Gasteiger partial charge in [0, 0.05) is 6.54 Å². The Balaban J connectivity index is 0.966. The van der Waals surface area contributed by atoms with Crippen molar-refractivity contribution in [3.05, 3.63) is 59.7 Å². The Bertz CT molecular complexity index is 3120. The number of carbonyl (C=O) groups excluding carboxylic acids is 3. The van der Waals surface area contributed by atoms with Gasteiger partial charge in [0.15, 0.2) is 44.0 Å². The van der Waals surface area contributed by atoms with E-state index in [0.29, 0.717) is 11.1 Å². The number of esters is 1. The van der Waals surface area contributed by atoms with Crippen LogP contribution in [0.5, 0.6) is 11.5 Å². The zero-order chi connectivity index (χ0) is 75.0. The van der Waals surface area contributed by atoms with Gasteiger partial charge in [0.2, 0.25) is 5.91 Å². The molecule has 29 rings (SSSR count). The lowest BCUT2D eigenvalue weighted by Crippen LogP contribution is -2.69. The van der Waals surface area contributed by atoms with E-state index in [1.807, 2.05) is 0 Å². The van der Waals surface area contributed by atoms with Gasteiger partial charge in [-0.25, -0.2) is 9.59 Å². The summed E-state index contributed by atoms with van der Waals surface area (Å²) in [6.45, 7) is -5.11. The highest BCUT2D eigenvalue weighted by Gasteiger charge is 2.60. The van der Waals surface area contributed by atoms with E-state index in [-0.39, 0.29) is 24.3 Å². The Labute approximate surface area is 589 Å². The largest absolute Gasteiger partial charge is 0.425 e. The van der Waals surface area contributed by atoms with Crippen LogP contribution in [0.4, 0.5) is 4.79 Å². The van der Waals surface area contributed by atoms with E-state index in [2.05, 4.69) is 10.6 Å². The zero-order valence-electron chi connectivity index (χ0n) is 55.1. The minimum atomic E-state index is -2.35. The summed E-state index contributed by atoms with van der Waals surface area (Å²) in [7, 11) is 0. The first-order chi connectivity index (χ1) is 49.6. The molecule has 38 atom stereocenters. The fourth-order valence-corrected chi connectivity index (χ4v) is 13.6. The second kappa shape index (κ2) is 34.4. The number of ether oxygens (including phenoxy) is 16. The maximum Gasteiger partial charge on any atom is 0.412 e. The van der Waals surface area contributed by atoms with Crippen molar-refractivity contribution in [2.45, 2.75) is 253 Å². The molecule has 25 N–H and O–H groups in total. The van der Waals surface area contributed by atoms with Gasteiger partial charge in [-0.3, -0.25) is 4.79 Å². The van der Waals surface area contributed by atoms with Gasteiger partial charge >= 0.3 is 12.1 Å². The molecule has 104 heavy (non-hydrogen) atoms. The molecule has 2 amide bonds. The second-order valence-electron chi connectivity index (χ2n) is 26.6. The van der Waals surface area contributed by atoms with Gasteiger partial charge in [-0.15, -0.1) is 0 Å². The van der Waals surface area contributed by atoms with Crippen LogP contribution in [-0.2, 0) is 88.7 Å². The monoisotopic (exact) mass is 1500 g/mol. The Kier molecular flexibility index (Phi) is 26.6. The molecule has 20 bridgehead atoms. The molecule has 0 aliphatic carbocycles. The molecule has 2 aromatic rings.